The van der Waals surface area contributed by atoms with E-state index in [1.54, 1.807) is 0 Å². The quantitative estimate of drug-likeness (QED) is 0.847. The minimum Gasteiger partial charge on any atom is -0.481 e. The summed E-state index contributed by atoms with van der Waals surface area (Å²) in [6.07, 6.45) is 3.06. The predicted octanol–water partition coefficient (Wildman–Crippen LogP) is 1.75. The molecule has 0 bridgehead atoms. The number of fused-ring (bicyclic) bond motifs is 1. The van der Waals surface area contributed by atoms with E-state index in [9.17, 15) is 4.79 Å². The Bertz CT molecular complexity index is 398. The SMILES string of the molecule is CC(C)n1nnc2c1C(CC(=O)O)CCC2. The molecule has 1 aliphatic rings. The van der Waals surface area contributed by atoms with Crippen LogP contribution < -0.4 is 0 Å². The molecule has 0 amide bonds. The number of carboxylic acid groups (broad SMARTS) is 1. The number of hydrogen-bond donors (Lipinski definition) is 1. The van der Waals surface area contributed by atoms with Crippen LogP contribution in [0.2, 0.25) is 0 Å². The zero-order valence-electron chi connectivity index (χ0n) is 9.68. The molecule has 1 aromatic rings. The van der Waals surface area contributed by atoms with E-state index in [0.29, 0.717) is 0 Å². The molecule has 1 unspecified atom stereocenters. The van der Waals surface area contributed by atoms with Gasteiger partial charge in [-0.05, 0) is 33.1 Å². The van der Waals surface area contributed by atoms with Gasteiger partial charge in [-0.1, -0.05) is 5.21 Å². The van der Waals surface area contributed by atoms with Crippen molar-refractivity contribution in [2.24, 2.45) is 0 Å². The Morgan fingerprint density at radius 2 is 2.38 bits per heavy atom. The summed E-state index contributed by atoms with van der Waals surface area (Å²) in [5.74, 6) is -0.659. The van der Waals surface area contributed by atoms with Gasteiger partial charge in [0, 0.05) is 12.0 Å². The van der Waals surface area contributed by atoms with Crippen LogP contribution in [0.3, 0.4) is 0 Å². The summed E-state index contributed by atoms with van der Waals surface area (Å²) in [7, 11) is 0. The van der Waals surface area contributed by atoms with E-state index in [1.807, 2.05) is 18.5 Å². The fourth-order valence-electron chi connectivity index (χ4n) is 2.38. The van der Waals surface area contributed by atoms with Crippen LogP contribution in [0.1, 0.15) is 56.5 Å². The molecule has 1 heterocycles. The number of carbonyl (C=O) groups is 1. The van der Waals surface area contributed by atoms with Gasteiger partial charge in [0.25, 0.3) is 0 Å². The van der Waals surface area contributed by atoms with Crippen molar-refractivity contribution in [3.05, 3.63) is 11.4 Å². The van der Waals surface area contributed by atoms with E-state index in [0.717, 1.165) is 30.7 Å². The van der Waals surface area contributed by atoms with Crippen LogP contribution >= 0.6 is 0 Å². The second-order valence-electron chi connectivity index (χ2n) is 4.65. The number of aryl methyl sites for hydroxylation is 1. The van der Waals surface area contributed by atoms with Crippen molar-refractivity contribution in [3.63, 3.8) is 0 Å². The average Bonchev–Trinajstić information content (AvgIpc) is 2.61. The highest BCUT2D eigenvalue weighted by Gasteiger charge is 2.28. The van der Waals surface area contributed by atoms with E-state index >= 15 is 0 Å². The number of aliphatic carboxylic acids is 1. The smallest absolute Gasteiger partial charge is 0.304 e. The summed E-state index contributed by atoms with van der Waals surface area (Å²) in [5.41, 5.74) is 2.04. The van der Waals surface area contributed by atoms with Crippen molar-refractivity contribution >= 4 is 5.97 Å². The standard InChI is InChI=1S/C11H17N3O2/c1-7(2)14-11-8(6-10(15)16)4-3-5-9(11)12-13-14/h7-8H,3-6H2,1-2H3,(H,15,16). The molecular formula is C11H17N3O2. The summed E-state index contributed by atoms with van der Waals surface area (Å²) in [5, 5.41) is 17.2. The summed E-state index contributed by atoms with van der Waals surface area (Å²) < 4.78 is 1.88. The molecule has 0 fully saturated rings. The van der Waals surface area contributed by atoms with Crippen LogP contribution in [0.25, 0.3) is 0 Å². The summed E-state index contributed by atoms with van der Waals surface area (Å²) >= 11 is 0. The van der Waals surface area contributed by atoms with Crippen LogP contribution in [-0.4, -0.2) is 26.1 Å². The van der Waals surface area contributed by atoms with Crippen molar-refractivity contribution < 1.29 is 9.90 Å². The number of nitrogens with zero attached hydrogens (tertiary/aromatic N) is 3. The molecule has 2 rings (SSSR count). The van der Waals surface area contributed by atoms with Gasteiger partial charge in [-0.2, -0.15) is 0 Å². The highest BCUT2D eigenvalue weighted by atomic mass is 16.4. The van der Waals surface area contributed by atoms with Crippen molar-refractivity contribution in [1.29, 1.82) is 0 Å². The predicted molar refractivity (Wildman–Crippen MR) is 58.3 cm³/mol. The molecule has 0 radical (unpaired) electrons. The third-order valence-corrected chi connectivity index (χ3v) is 3.07. The highest BCUT2D eigenvalue weighted by Crippen LogP contribution is 2.33. The van der Waals surface area contributed by atoms with Gasteiger partial charge in [-0.3, -0.25) is 4.79 Å². The number of hydrogen-bond acceptors (Lipinski definition) is 3. The lowest BCUT2D eigenvalue weighted by Crippen LogP contribution is -2.18. The molecule has 0 aliphatic heterocycles. The Balaban J connectivity index is 2.34. The van der Waals surface area contributed by atoms with Crippen LogP contribution in [0, 0.1) is 0 Å². The fraction of sp³-hybridized carbons (Fsp3) is 0.727. The van der Waals surface area contributed by atoms with E-state index in [2.05, 4.69) is 10.3 Å². The van der Waals surface area contributed by atoms with Gasteiger partial charge >= 0.3 is 5.97 Å². The van der Waals surface area contributed by atoms with Crippen molar-refractivity contribution in [2.75, 3.05) is 0 Å². The van der Waals surface area contributed by atoms with Crippen molar-refractivity contribution in [3.8, 4) is 0 Å². The van der Waals surface area contributed by atoms with E-state index in [4.69, 9.17) is 5.11 Å². The van der Waals surface area contributed by atoms with E-state index in [1.165, 1.54) is 0 Å². The lowest BCUT2D eigenvalue weighted by Gasteiger charge is -2.22. The van der Waals surface area contributed by atoms with Crippen LogP contribution in [-0.2, 0) is 11.2 Å². The third kappa shape index (κ3) is 1.94. The number of carboxylic acids is 1. The lowest BCUT2D eigenvalue weighted by molar-refractivity contribution is -0.137. The fourth-order valence-corrected chi connectivity index (χ4v) is 2.38. The minimum atomic E-state index is -0.741. The van der Waals surface area contributed by atoms with Gasteiger partial charge in [0.2, 0.25) is 0 Å². The molecular weight excluding hydrogens is 206 g/mol. The topological polar surface area (TPSA) is 68.0 Å². The molecule has 0 spiro atoms. The number of aromatic nitrogens is 3. The first kappa shape index (κ1) is 11.1. The molecule has 88 valence electrons. The Labute approximate surface area is 94.5 Å². The molecule has 0 saturated carbocycles. The molecule has 1 atom stereocenters. The van der Waals surface area contributed by atoms with Gasteiger partial charge in [-0.15, -0.1) is 5.10 Å². The lowest BCUT2D eigenvalue weighted by atomic mass is 9.87. The minimum absolute atomic E-state index is 0.0821. The van der Waals surface area contributed by atoms with Gasteiger partial charge in [0.05, 0.1) is 17.8 Å². The first-order valence-corrected chi connectivity index (χ1v) is 5.75. The third-order valence-electron chi connectivity index (χ3n) is 3.07. The molecule has 1 aromatic heterocycles. The molecule has 0 aromatic carbocycles. The van der Waals surface area contributed by atoms with Crippen LogP contribution in [0.15, 0.2) is 0 Å². The molecule has 1 N–H and O–H groups in total. The summed E-state index contributed by atoms with van der Waals surface area (Å²) in [4.78, 5) is 10.8. The maximum Gasteiger partial charge on any atom is 0.304 e. The Hall–Kier alpha value is -1.39. The number of rotatable bonds is 3. The summed E-state index contributed by atoms with van der Waals surface area (Å²) in [6, 6.07) is 0.241. The Morgan fingerprint density at radius 1 is 1.62 bits per heavy atom. The molecule has 5 nitrogen and oxygen atoms in total. The van der Waals surface area contributed by atoms with Gasteiger partial charge in [0.1, 0.15) is 0 Å². The summed E-state index contributed by atoms with van der Waals surface area (Å²) in [6.45, 7) is 4.09. The second kappa shape index (κ2) is 4.23. The molecule has 16 heavy (non-hydrogen) atoms. The highest BCUT2D eigenvalue weighted by molar-refractivity contribution is 5.68. The molecule has 5 heteroatoms. The second-order valence-corrected chi connectivity index (χ2v) is 4.65. The monoisotopic (exact) mass is 223 g/mol. The maximum atomic E-state index is 10.8. The van der Waals surface area contributed by atoms with Crippen molar-refractivity contribution in [2.45, 2.75) is 51.5 Å². The Kier molecular flexibility index (Phi) is 2.94. The zero-order chi connectivity index (χ0) is 11.7. The average molecular weight is 223 g/mol. The van der Waals surface area contributed by atoms with Crippen molar-refractivity contribution in [1.82, 2.24) is 15.0 Å². The zero-order valence-corrected chi connectivity index (χ0v) is 9.68. The molecule has 0 saturated heterocycles. The van der Waals surface area contributed by atoms with Gasteiger partial charge < -0.3 is 5.11 Å². The van der Waals surface area contributed by atoms with Gasteiger partial charge in [0.15, 0.2) is 0 Å². The van der Waals surface area contributed by atoms with E-state index < -0.39 is 5.97 Å². The van der Waals surface area contributed by atoms with Crippen LogP contribution in [0.5, 0.6) is 0 Å². The Morgan fingerprint density at radius 3 is 3.00 bits per heavy atom. The van der Waals surface area contributed by atoms with E-state index in [-0.39, 0.29) is 18.4 Å². The van der Waals surface area contributed by atoms with Crippen LogP contribution in [0.4, 0.5) is 0 Å². The first-order valence-electron chi connectivity index (χ1n) is 5.75. The molecule has 1 aliphatic carbocycles. The normalized spacial score (nSPS) is 19.8. The first-order chi connectivity index (χ1) is 7.59. The largest absolute Gasteiger partial charge is 0.481 e. The maximum absolute atomic E-state index is 10.8. The van der Waals surface area contributed by atoms with Gasteiger partial charge in [-0.25, -0.2) is 4.68 Å².